The topological polar surface area (TPSA) is 112 Å². The van der Waals surface area contributed by atoms with Gasteiger partial charge in [0.1, 0.15) is 30.0 Å². The van der Waals surface area contributed by atoms with E-state index in [1.807, 2.05) is 54.6 Å². The first-order valence-corrected chi connectivity index (χ1v) is 17.2. The van der Waals surface area contributed by atoms with Crippen LogP contribution in [0, 0.1) is 0 Å². The number of carbonyl (C=O) groups excluding carboxylic acids is 3. The molecule has 0 spiro atoms. The maximum atomic E-state index is 13.1. The van der Waals surface area contributed by atoms with Gasteiger partial charge in [0.05, 0.1) is 13.7 Å². The molecule has 0 bridgehead atoms. The lowest BCUT2D eigenvalue weighted by atomic mass is 10.1. The van der Waals surface area contributed by atoms with Crippen molar-refractivity contribution in [3.63, 3.8) is 0 Å². The van der Waals surface area contributed by atoms with Crippen LogP contribution in [0.2, 0.25) is 25.7 Å². The molecule has 220 valence electrons. The van der Waals surface area contributed by atoms with Gasteiger partial charge >= 0.3 is 18.0 Å². The van der Waals surface area contributed by atoms with Gasteiger partial charge in [-0.2, -0.15) is 0 Å². The lowest BCUT2D eigenvalue weighted by molar-refractivity contribution is -0.147. The monoisotopic (exact) mass is 572 g/mol. The lowest BCUT2D eigenvalue weighted by Gasteiger charge is -2.24. The molecule has 0 saturated heterocycles. The number of rotatable bonds is 14. The van der Waals surface area contributed by atoms with Gasteiger partial charge in [-0.1, -0.05) is 62.1 Å². The minimum Gasteiger partial charge on any atom is -0.489 e. The summed E-state index contributed by atoms with van der Waals surface area (Å²) in [7, 11) is -0.169. The van der Waals surface area contributed by atoms with E-state index in [2.05, 4.69) is 30.3 Å². The molecule has 0 aliphatic heterocycles. The predicted octanol–water partition coefficient (Wildman–Crippen LogP) is 4.71. The Balaban J connectivity index is 2.09. The molecule has 0 aromatic heterocycles. The summed E-state index contributed by atoms with van der Waals surface area (Å²) in [6, 6.07) is 16.4. The molecule has 2 N–H and O–H groups in total. The van der Waals surface area contributed by atoms with Crippen LogP contribution in [-0.4, -0.2) is 64.1 Å². The number of carbonyl (C=O) groups is 3. The zero-order valence-electron chi connectivity index (χ0n) is 24.7. The zero-order valence-corrected chi connectivity index (χ0v) is 25.7. The molecule has 0 radical (unpaired) electrons. The van der Waals surface area contributed by atoms with Gasteiger partial charge < -0.3 is 29.6 Å². The number of nitrogens with one attached hydrogen (secondary N) is 2. The Labute approximate surface area is 238 Å². The van der Waals surface area contributed by atoms with E-state index in [-0.39, 0.29) is 6.54 Å². The third-order valence-electron chi connectivity index (χ3n) is 5.74. The minimum atomic E-state index is -1.40. The fraction of sp³-hybridized carbons (Fsp3) is 0.500. The van der Waals surface area contributed by atoms with Crippen molar-refractivity contribution in [3.05, 3.63) is 65.7 Å². The lowest BCUT2D eigenvalue weighted by Crippen LogP contribution is -2.52. The summed E-state index contributed by atoms with van der Waals surface area (Å²) in [6.45, 7) is 12.5. The highest BCUT2D eigenvalue weighted by molar-refractivity contribution is 6.76. The molecule has 2 atom stereocenters. The van der Waals surface area contributed by atoms with Gasteiger partial charge in [-0.25, -0.2) is 9.59 Å². The van der Waals surface area contributed by atoms with E-state index >= 15 is 0 Å². The van der Waals surface area contributed by atoms with Crippen molar-refractivity contribution in [1.29, 1.82) is 0 Å². The first-order chi connectivity index (χ1) is 18.8. The van der Waals surface area contributed by atoms with Crippen LogP contribution in [0.4, 0.5) is 4.79 Å². The molecule has 0 aliphatic rings. The first-order valence-electron chi connectivity index (χ1n) is 13.5. The van der Waals surface area contributed by atoms with E-state index in [0.717, 1.165) is 17.2 Å². The van der Waals surface area contributed by atoms with Crippen molar-refractivity contribution in [2.24, 2.45) is 0 Å². The van der Waals surface area contributed by atoms with Crippen LogP contribution in [-0.2, 0) is 36.8 Å². The predicted molar refractivity (Wildman–Crippen MR) is 157 cm³/mol. The van der Waals surface area contributed by atoms with Gasteiger partial charge in [-0.3, -0.25) is 4.79 Å². The van der Waals surface area contributed by atoms with Crippen LogP contribution in [0.5, 0.6) is 5.75 Å². The molecule has 0 heterocycles. The van der Waals surface area contributed by atoms with Gasteiger partial charge in [0.15, 0.2) is 0 Å². The standard InChI is InChI=1S/C30H44N2O7Si/c1-30(2,3)39-29(35)32-26(27(33)36-4)20-31-25(28(34)37-17-18-40(5,6)7)19-22-13-15-24(16-14-22)38-21-23-11-9-8-10-12-23/h8-16,25-26,31H,17-21H2,1-7H3,(H,32,35)/t25-,26+/m0/s1. The summed E-state index contributed by atoms with van der Waals surface area (Å²) < 4.78 is 21.6. The summed E-state index contributed by atoms with van der Waals surface area (Å²) in [5.74, 6) is -0.380. The van der Waals surface area contributed by atoms with E-state index in [1.54, 1.807) is 20.8 Å². The molecule has 0 unspecified atom stereocenters. The number of methoxy groups -OCH3 is 1. The third-order valence-corrected chi connectivity index (χ3v) is 7.44. The second-order valence-corrected chi connectivity index (χ2v) is 17.4. The number of ether oxygens (including phenoxy) is 4. The number of benzene rings is 2. The van der Waals surface area contributed by atoms with Crippen molar-refractivity contribution in [2.45, 2.75) is 77.2 Å². The maximum absolute atomic E-state index is 13.1. The largest absolute Gasteiger partial charge is 0.489 e. The first kappa shape index (κ1) is 32.8. The smallest absolute Gasteiger partial charge is 0.408 e. The highest BCUT2D eigenvalue weighted by Crippen LogP contribution is 2.16. The van der Waals surface area contributed by atoms with E-state index in [4.69, 9.17) is 18.9 Å². The SMILES string of the molecule is COC(=O)[C@@H](CN[C@@H](Cc1ccc(OCc2ccccc2)cc1)C(=O)OCC[Si](C)(C)C)NC(=O)OC(C)(C)C. The van der Waals surface area contributed by atoms with Crippen molar-refractivity contribution in [2.75, 3.05) is 20.3 Å². The minimum absolute atomic E-state index is 0.0576. The van der Waals surface area contributed by atoms with Gasteiger partial charge in [0.25, 0.3) is 0 Å². The Kier molecular flexibility index (Phi) is 12.7. The van der Waals surface area contributed by atoms with E-state index in [9.17, 15) is 14.4 Å². The summed E-state index contributed by atoms with van der Waals surface area (Å²) in [5, 5.41) is 5.61. The molecule has 40 heavy (non-hydrogen) atoms. The second-order valence-electron chi connectivity index (χ2n) is 11.8. The molecule has 2 aromatic rings. The van der Waals surface area contributed by atoms with Crippen molar-refractivity contribution in [1.82, 2.24) is 10.6 Å². The zero-order chi connectivity index (χ0) is 29.8. The molecule has 2 aromatic carbocycles. The van der Waals surface area contributed by atoms with Crippen LogP contribution in [0.1, 0.15) is 31.9 Å². The molecule has 0 aliphatic carbocycles. The van der Waals surface area contributed by atoms with E-state index in [0.29, 0.717) is 25.4 Å². The Morgan fingerprint density at radius 3 is 2.10 bits per heavy atom. The normalized spacial score (nSPS) is 13.1. The van der Waals surface area contributed by atoms with E-state index < -0.39 is 43.8 Å². The van der Waals surface area contributed by atoms with Crippen LogP contribution in [0.15, 0.2) is 54.6 Å². The Hall–Kier alpha value is -3.37. The fourth-order valence-corrected chi connectivity index (χ4v) is 4.26. The van der Waals surface area contributed by atoms with E-state index in [1.165, 1.54) is 7.11 Å². The molecule has 10 heteroatoms. The number of alkyl carbamates (subject to hydrolysis) is 1. The molecule has 9 nitrogen and oxygen atoms in total. The maximum Gasteiger partial charge on any atom is 0.408 e. The van der Waals surface area contributed by atoms with Gasteiger partial charge in [0, 0.05) is 14.6 Å². The fourth-order valence-electron chi connectivity index (χ4n) is 3.54. The Bertz CT molecular complexity index is 1080. The number of hydrogen-bond acceptors (Lipinski definition) is 8. The summed E-state index contributed by atoms with van der Waals surface area (Å²) >= 11 is 0. The number of amides is 1. The molecule has 0 saturated carbocycles. The van der Waals surface area contributed by atoms with Crippen LogP contribution in [0.3, 0.4) is 0 Å². The average molecular weight is 573 g/mol. The Morgan fingerprint density at radius 2 is 1.52 bits per heavy atom. The summed E-state index contributed by atoms with van der Waals surface area (Å²) in [4.78, 5) is 37.8. The molecule has 1 amide bonds. The molecule has 2 rings (SSSR count). The van der Waals surface area contributed by atoms with Crippen LogP contribution >= 0.6 is 0 Å². The van der Waals surface area contributed by atoms with Gasteiger partial charge in [-0.05, 0) is 56.5 Å². The summed E-state index contributed by atoms with van der Waals surface area (Å²) in [5.41, 5.74) is 1.20. The molecular weight excluding hydrogens is 528 g/mol. The second kappa shape index (κ2) is 15.4. The van der Waals surface area contributed by atoms with Crippen molar-refractivity contribution >= 4 is 26.1 Å². The quantitative estimate of drug-likeness (QED) is 0.190. The van der Waals surface area contributed by atoms with Gasteiger partial charge in [0.2, 0.25) is 0 Å². The molecular formula is C30H44N2O7Si. The van der Waals surface area contributed by atoms with Crippen LogP contribution < -0.4 is 15.4 Å². The number of esters is 2. The Morgan fingerprint density at radius 1 is 0.875 bits per heavy atom. The average Bonchev–Trinajstić information content (AvgIpc) is 2.88. The highest BCUT2D eigenvalue weighted by atomic mass is 28.3. The summed E-state index contributed by atoms with van der Waals surface area (Å²) in [6.07, 6.45) is -0.449. The highest BCUT2D eigenvalue weighted by Gasteiger charge is 2.28. The molecule has 0 fully saturated rings. The van der Waals surface area contributed by atoms with Gasteiger partial charge in [-0.15, -0.1) is 0 Å². The van der Waals surface area contributed by atoms with Crippen molar-refractivity contribution < 1.29 is 33.3 Å². The number of hydrogen-bond donors (Lipinski definition) is 2. The van der Waals surface area contributed by atoms with Crippen LogP contribution in [0.25, 0.3) is 0 Å². The van der Waals surface area contributed by atoms with Crippen molar-refractivity contribution in [3.8, 4) is 5.75 Å². The third kappa shape index (κ3) is 13.1.